The third kappa shape index (κ3) is 2.94. The van der Waals surface area contributed by atoms with Gasteiger partial charge in [0.2, 0.25) is 5.76 Å². The predicted octanol–water partition coefficient (Wildman–Crippen LogP) is 3.10. The maximum absolute atomic E-state index is 12.1. The first kappa shape index (κ1) is 13.4. The van der Waals surface area contributed by atoms with Crippen molar-refractivity contribution in [3.05, 3.63) is 48.4 Å². The van der Waals surface area contributed by atoms with E-state index in [9.17, 15) is 4.79 Å². The zero-order valence-corrected chi connectivity index (χ0v) is 11.7. The number of aromatic nitrogens is 3. The van der Waals surface area contributed by atoms with Gasteiger partial charge in [-0.15, -0.1) is 0 Å². The second kappa shape index (κ2) is 5.78. The first-order valence-electron chi connectivity index (χ1n) is 6.74. The van der Waals surface area contributed by atoms with Gasteiger partial charge in [0.25, 0.3) is 0 Å². The lowest BCUT2D eigenvalue weighted by atomic mass is 10.1. The number of ketones is 1. The molecule has 0 unspecified atom stereocenters. The Kier molecular flexibility index (Phi) is 3.68. The fraction of sp³-hybridized carbons (Fsp3) is 0.267. The minimum atomic E-state index is -0.0330. The van der Waals surface area contributed by atoms with Crippen LogP contribution in [0.5, 0.6) is 0 Å². The van der Waals surface area contributed by atoms with Crippen LogP contribution >= 0.6 is 0 Å². The maximum atomic E-state index is 12.1. The van der Waals surface area contributed by atoms with Crippen molar-refractivity contribution in [3.8, 4) is 11.5 Å². The summed E-state index contributed by atoms with van der Waals surface area (Å²) in [4.78, 5) is 16.1. The highest BCUT2D eigenvalue weighted by Crippen LogP contribution is 2.21. The summed E-state index contributed by atoms with van der Waals surface area (Å²) in [5.74, 6) is 0.999. The van der Waals surface area contributed by atoms with Crippen molar-refractivity contribution in [2.75, 3.05) is 0 Å². The second-order valence-corrected chi connectivity index (χ2v) is 4.81. The minimum absolute atomic E-state index is 0.0330. The van der Waals surface area contributed by atoms with Gasteiger partial charge in [-0.3, -0.25) is 4.79 Å². The van der Waals surface area contributed by atoms with Crippen molar-refractivity contribution in [2.24, 2.45) is 0 Å². The fourth-order valence-electron chi connectivity index (χ4n) is 2.10. The first-order chi connectivity index (χ1) is 10.2. The molecule has 6 heteroatoms. The van der Waals surface area contributed by atoms with Crippen molar-refractivity contribution in [1.82, 2.24) is 14.7 Å². The van der Waals surface area contributed by atoms with Crippen molar-refractivity contribution in [3.63, 3.8) is 0 Å². The monoisotopic (exact) mass is 285 g/mol. The quantitative estimate of drug-likeness (QED) is 0.650. The Morgan fingerprint density at radius 1 is 1.38 bits per heavy atom. The Balaban J connectivity index is 1.57. The number of Topliss-reactive ketones (excluding diaryl/α,β-unsaturated/α-hetero) is 1. The molecular weight excluding hydrogens is 270 g/mol. The van der Waals surface area contributed by atoms with Crippen LogP contribution in [-0.2, 0) is 6.54 Å². The smallest absolute Gasteiger partial charge is 0.202 e. The normalized spacial score (nSPS) is 10.9. The van der Waals surface area contributed by atoms with Crippen LogP contribution in [0.3, 0.4) is 0 Å². The van der Waals surface area contributed by atoms with Crippen molar-refractivity contribution >= 4 is 5.78 Å². The Bertz CT molecular complexity index is 725. The van der Waals surface area contributed by atoms with Gasteiger partial charge in [0.15, 0.2) is 11.5 Å². The predicted molar refractivity (Wildman–Crippen MR) is 74.7 cm³/mol. The molecule has 0 aromatic carbocycles. The Labute approximate surface area is 121 Å². The minimum Gasteiger partial charge on any atom is -0.461 e. The van der Waals surface area contributed by atoms with E-state index in [1.54, 1.807) is 37.0 Å². The molecule has 3 aromatic rings. The average Bonchev–Trinajstić information content (AvgIpc) is 3.19. The number of imidazole rings is 1. The third-order valence-electron chi connectivity index (χ3n) is 3.28. The standard InChI is InChI=1S/C15H15N3O3/c1-11-9-16-10-18(11)6-2-4-13(19)12-8-15(21-17-12)14-5-3-7-20-14/h3,5,7-10H,2,4,6H2,1H3. The van der Waals surface area contributed by atoms with Crippen molar-refractivity contribution in [1.29, 1.82) is 0 Å². The molecule has 0 aliphatic carbocycles. The van der Waals surface area contributed by atoms with Crippen LogP contribution in [0.2, 0.25) is 0 Å². The van der Waals surface area contributed by atoms with E-state index < -0.39 is 0 Å². The first-order valence-corrected chi connectivity index (χ1v) is 6.74. The van der Waals surface area contributed by atoms with Crippen LogP contribution in [0.4, 0.5) is 0 Å². The van der Waals surface area contributed by atoms with E-state index in [1.807, 2.05) is 11.5 Å². The van der Waals surface area contributed by atoms with Crippen LogP contribution in [-0.4, -0.2) is 20.5 Å². The van der Waals surface area contributed by atoms with Crippen molar-refractivity contribution < 1.29 is 13.7 Å². The number of furan rings is 1. The average molecular weight is 285 g/mol. The number of carbonyl (C=O) groups is 1. The summed E-state index contributed by atoms with van der Waals surface area (Å²) in [6, 6.07) is 5.13. The lowest BCUT2D eigenvalue weighted by Crippen LogP contribution is -2.04. The van der Waals surface area contributed by atoms with Crippen molar-refractivity contribution in [2.45, 2.75) is 26.3 Å². The van der Waals surface area contributed by atoms with Crippen LogP contribution in [0, 0.1) is 6.92 Å². The number of nitrogens with zero attached hydrogens (tertiary/aromatic N) is 3. The van der Waals surface area contributed by atoms with E-state index in [1.165, 1.54) is 0 Å². The van der Waals surface area contributed by atoms with Gasteiger partial charge in [0, 0.05) is 30.9 Å². The molecule has 3 aromatic heterocycles. The molecule has 3 rings (SSSR count). The molecular formula is C15H15N3O3. The molecule has 3 heterocycles. The van der Waals surface area contributed by atoms with Crippen LogP contribution in [0.15, 0.2) is 45.9 Å². The molecule has 6 nitrogen and oxygen atoms in total. The molecule has 0 saturated carbocycles. The van der Waals surface area contributed by atoms with E-state index in [0.29, 0.717) is 23.6 Å². The van der Waals surface area contributed by atoms with Gasteiger partial charge in [-0.2, -0.15) is 0 Å². The molecule has 0 fully saturated rings. The number of hydrogen-bond acceptors (Lipinski definition) is 5. The summed E-state index contributed by atoms with van der Waals surface area (Å²) in [5.41, 5.74) is 1.42. The van der Waals surface area contributed by atoms with Gasteiger partial charge in [-0.25, -0.2) is 4.98 Å². The number of carbonyl (C=O) groups excluding carboxylic acids is 1. The summed E-state index contributed by atoms with van der Waals surface area (Å²) >= 11 is 0. The van der Waals surface area contributed by atoms with Gasteiger partial charge in [-0.05, 0) is 25.5 Å². The zero-order chi connectivity index (χ0) is 14.7. The van der Waals surface area contributed by atoms with Crippen LogP contribution in [0.1, 0.15) is 29.0 Å². The van der Waals surface area contributed by atoms with E-state index in [4.69, 9.17) is 8.94 Å². The lowest BCUT2D eigenvalue weighted by Gasteiger charge is -2.03. The second-order valence-electron chi connectivity index (χ2n) is 4.81. The van der Waals surface area contributed by atoms with Gasteiger partial charge in [0.05, 0.1) is 12.6 Å². The summed E-state index contributed by atoms with van der Waals surface area (Å²) in [7, 11) is 0. The van der Waals surface area contributed by atoms with E-state index in [2.05, 4.69) is 10.1 Å². The highest BCUT2D eigenvalue weighted by atomic mass is 16.5. The van der Waals surface area contributed by atoms with Gasteiger partial charge < -0.3 is 13.5 Å². The van der Waals surface area contributed by atoms with Gasteiger partial charge >= 0.3 is 0 Å². The molecule has 0 saturated heterocycles. The number of aryl methyl sites for hydroxylation is 2. The third-order valence-corrected chi connectivity index (χ3v) is 3.28. The highest BCUT2D eigenvalue weighted by molar-refractivity contribution is 5.94. The SMILES string of the molecule is Cc1cncn1CCCC(=O)c1cc(-c2ccco2)on1. The lowest BCUT2D eigenvalue weighted by molar-refractivity contribution is 0.0969. The Morgan fingerprint density at radius 2 is 2.29 bits per heavy atom. The highest BCUT2D eigenvalue weighted by Gasteiger charge is 2.14. The van der Waals surface area contributed by atoms with E-state index in [0.717, 1.165) is 18.7 Å². The Hall–Kier alpha value is -2.63. The molecule has 0 radical (unpaired) electrons. The molecule has 0 aliphatic rings. The zero-order valence-electron chi connectivity index (χ0n) is 11.7. The topological polar surface area (TPSA) is 74.1 Å². The largest absolute Gasteiger partial charge is 0.461 e. The van der Waals surface area contributed by atoms with Gasteiger partial charge in [0.1, 0.15) is 5.69 Å². The molecule has 0 aliphatic heterocycles. The molecule has 0 N–H and O–H groups in total. The summed E-state index contributed by atoms with van der Waals surface area (Å²) in [6.45, 7) is 2.75. The Morgan fingerprint density at radius 3 is 3.00 bits per heavy atom. The summed E-state index contributed by atoms with van der Waals surface area (Å²) in [6.07, 6.45) is 6.27. The number of rotatable bonds is 6. The molecule has 0 bridgehead atoms. The fourth-order valence-corrected chi connectivity index (χ4v) is 2.10. The number of hydrogen-bond donors (Lipinski definition) is 0. The molecule has 0 atom stereocenters. The van der Waals surface area contributed by atoms with E-state index >= 15 is 0 Å². The summed E-state index contributed by atoms with van der Waals surface area (Å²) in [5, 5.41) is 3.80. The molecule has 108 valence electrons. The van der Waals surface area contributed by atoms with Crippen LogP contribution in [0.25, 0.3) is 11.5 Å². The van der Waals surface area contributed by atoms with E-state index in [-0.39, 0.29) is 5.78 Å². The summed E-state index contributed by atoms with van der Waals surface area (Å²) < 4.78 is 12.3. The van der Waals surface area contributed by atoms with Crippen LogP contribution < -0.4 is 0 Å². The van der Waals surface area contributed by atoms with Gasteiger partial charge in [-0.1, -0.05) is 5.16 Å². The molecule has 0 spiro atoms. The molecule has 0 amide bonds. The maximum Gasteiger partial charge on any atom is 0.202 e. The molecule has 21 heavy (non-hydrogen) atoms.